The molecule has 1 unspecified atom stereocenters. The number of hydrogen-bond donors (Lipinski definition) is 1. The number of esters is 1. The minimum Gasteiger partial charge on any atom is -0.467 e. The lowest BCUT2D eigenvalue weighted by atomic mass is 10.2. The molecule has 2 aromatic heterocycles. The van der Waals surface area contributed by atoms with Crippen LogP contribution in [0.2, 0.25) is 0 Å². The number of aromatic nitrogens is 2. The molecule has 0 bridgehead atoms. The zero-order valence-electron chi connectivity index (χ0n) is 13.9. The van der Waals surface area contributed by atoms with Crippen molar-refractivity contribution in [2.45, 2.75) is 26.3 Å². The van der Waals surface area contributed by atoms with E-state index in [4.69, 9.17) is 4.74 Å². The van der Waals surface area contributed by atoms with Crippen molar-refractivity contribution < 1.29 is 14.3 Å². The van der Waals surface area contributed by atoms with E-state index in [0.29, 0.717) is 17.1 Å². The highest BCUT2D eigenvalue weighted by Gasteiger charge is 2.24. The summed E-state index contributed by atoms with van der Waals surface area (Å²) in [5.41, 5.74) is 0.230. The van der Waals surface area contributed by atoms with E-state index in [9.17, 15) is 14.4 Å². The van der Waals surface area contributed by atoms with Gasteiger partial charge in [-0.05, 0) is 32.3 Å². The molecule has 0 aliphatic rings. The van der Waals surface area contributed by atoms with Gasteiger partial charge in [-0.25, -0.2) is 9.78 Å². The summed E-state index contributed by atoms with van der Waals surface area (Å²) < 4.78 is 6.13. The second-order valence-electron chi connectivity index (χ2n) is 5.17. The van der Waals surface area contributed by atoms with Crippen LogP contribution in [0.15, 0.2) is 11.0 Å². The highest BCUT2D eigenvalue weighted by atomic mass is 32.2. The van der Waals surface area contributed by atoms with E-state index in [1.165, 1.54) is 29.0 Å². The third-order valence-electron chi connectivity index (χ3n) is 3.66. The van der Waals surface area contributed by atoms with Crippen molar-refractivity contribution in [2.75, 3.05) is 19.1 Å². The molecule has 0 aliphatic heterocycles. The summed E-state index contributed by atoms with van der Waals surface area (Å²) in [5, 5.41) is 2.57. The number of hydrogen-bond acceptors (Lipinski definition) is 7. The van der Waals surface area contributed by atoms with Crippen molar-refractivity contribution in [3.8, 4) is 0 Å². The van der Waals surface area contributed by atoms with E-state index < -0.39 is 23.5 Å². The number of methoxy groups -OCH3 is 1. The lowest BCUT2D eigenvalue weighted by molar-refractivity contribution is -0.142. The van der Waals surface area contributed by atoms with Gasteiger partial charge in [0.15, 0.2) is 4.96 Å². The van der Waals surface area contributed by atoms with Crippen molar-refractivity contribution in [2.24, 2.45) is 0 Å². The maximum Gasteiger partial charge on any atom is 0.328 e. The molecule has 0 saturated carbocycles. The molecule has 24 heavy (non-hydrogen) atoms. The molecule has 130 valence electrons. The number of thiazole rings is 1. The van der Waals surface area contributed by atoms with Gasteiger partial charge in [-0.1, -0.05) is 0 Å². The monoisotopic (exact) mass is 369 g/mol. The van der Waals surface area contributed by atoms with E-state index in [0.717, 1.165) is 10.6 Å². The van der Waals surface area contributed by atoms with Crippen molar-refractivity contribution in [3.63, 3.8) is 0 Å². The summed E-state index contributed by atoms with van der Waals surface area (Å²) in [6, 6.07) is -0.791. The molecule has 1 amide bonds. The summed E-state index contributed by atoms with van der Waals surface area (Å²) in [5.74, 6) is -0.477. The van der Waals surface area contributed by atoms with Crippen LogP contribution < -0.4 is 10.9 Å². The van der Waals surface area contributed by atoms with Crippen LogP contribution in [-0.4, -0.2) is 46.4 Å². The molecule has 0 aliphatic carbocycles. The predicted octanol–water partition coefficient (Wildman–Crippen LogP) is 1.40. The molecule has 0 fully saturated rings. The molecule has 2 rings (SSSR count). The van der Waals surface area contributed by atoms with Gasteiger partial charge in [-0.15, -0.1) is 11.3 Å². The predicted molar refractivity (Wildman–Crippen MR) is 95.1 cm³/mol. The fourth-order valence-electron chi connectivity index (χ4n) is 2.19. The van der Waals surface area contributed by atoms with E-state index >= 15 is 0 Å². The molecule has 2 aromatic rings. The lowest BCUT2D eigenvalue weighted by Gasteiger charge is -2.15. The third-order valence-corrected chi connectivity index (χ3v) is 5.38. The molecule has 1 atom stereocenters. The van der Waals surface area contributed by atoms with Crippen LogP contribution in [0.5, 0.6) is 0 Å². The first-order chi connectivity index (χ1) is 11.4. The largest absolute Gasteiger partial charge is 0.467 e. The second kappa shape index (κ2) is 7.80. The van der Waals surface area contributed by atoms with Crippen LogP contribution in [0.1, 0.15) is 27.3 Å². The number of carbonyl (C=O) groups excluding carboxylic acids is 2. The Morgan fingerprint density at radius 2 is 2.17 bits per heavy atom. The molecular weight excluding hydrogens is 350 g/mol. The van der Waals surface area contributed by atoms with Crippen molar-refractivity contribution in [3.05, 3.63) is 32.7 Å². The zero-order chi connectivity index (χ0) is 17.9. The number of rotatable bonds is 6. The van der Waals surface area contributed by atoms with Crippen molar-refractivity contribution >= 4 is 39.9 Å². The highest BCUT2D eigenvalue weighted by Crippen LogP contribution is 2.18. The Hall–Kier alpha value is -1.87. The quantitative estimate of drug-likeness (QED) is 0.774. The van der Waals surface area contributed by atoms with E-state index in [-0.39, 0.29) is 5.56 Å². The number of nitrogens with zero attached hydrogens (tertiary/aromatic N) is 2. The summed E-state index contributed by atoms with van der Waals surface area (Å²) in [4.78, 5) is 42.5. The van der Waals surface area contributed by atoms with Crippen LogP contribution >= 0.6 is 23.1 Å². The van der Waals surface area contributed by atoms with Crippen LogP contribution in [0.4, 0.5) is 0 Å². The first-order valence-corrected chi connectivity index (χ1v) is 9.47. The van der Waals surface area contributed by atoms with Gasteiger partial charge in [-0.3, -0.25) is 14.0 Å². The summed E-state index contributed by atoms with van der Waals surface area (Å²) >= 11 is 2.94. The number of ether oxygens (including phenoxy) is 1. The maximum atomic E-state index is 12.6. The fourth-order valence-corrected chi connectivity index (χ4v) is 3.60. The zero-order valence-corrected chi connectivity index (χ0v) is 15.5. The molecule has 0 radical (unpaired) electrons. The minimum absolute atomic E-state index is 0.0912. The normalized spacial score (nSPS) is 12.2. The Morgan fingerprint density at radius 1 is 1.46 bits per heavy atom. The highest BCUT2D eigenvalue weighted by molar-refractivity contribution is 7.98. The molecule has 2 heterocycles. The molecule has 7 nitrogen and oxygen atoms in total. The van der Waals surface area contributed by atoms with Gasteiger partial charge >= 0.3 is 5.97 Å². The van der Waals surface area contributed by atoms with E-state index in [2.05, 4.69) is 10.3 Å². The molecule has 9 heteroatoms. The smallest absolute Gasteiger partial charge is 0.328 e. The number of thioether (sulfide) groups is 1. The van der Waals surface area contributed by atoms with Gasteiger partial charge in [0.05, 0.1) is 7.11 Å². The first kappa shape index (κ1) is 18.5. The first-order valence-electron chi connectivity index (χ1n) is 7.26. The van der Waals surface area contributed by atoms with Gasteiger partial charge in [0.1, 0.15) is 11.6 Å². The molecule has 0 spiro atoms. The van der Waals surface area contributed by atoms with Crippen LogP contribution in [0.3, 0.4) is 0 Å². The SMILES string of the molecule is COC(=O)C(CCSC)NC(=O)c1cnc2sc(C)c(C)n2c1=O. The van der Waals surface area contributed by atoms with Crippen molar-refractivity contribution in [1.82, 2.24) is 14.7 Å². The van der Waals surface area contributed by atoms with Gasteiger partial charge in [0.2, 0.25) is 0 Å². The summed E-state index contributed by atoms with van der Waals surface area (Å²) in [6.07, 6.45) is 3.58. The van der Waals surface area contributed by atoms with Gasteiger partial charge in [0, 0.05) is 16.8 Å². The minimum atomic E-state index is -0.791. The Morgan fingerprint density at radius 3 is 2.79 bits per heavy atom. The van der Waals surface area contributed by atoms with Gasteiger partial charge in [-0.2, -0.15) is 11.8 Å². The van der Waals surface area contributed by atoms with Crippen molar-refractivity contribution in [1.29, 1.82) is 0 Å². The van der Waals surface area contributed by atoms with Gasteiger partial charge < -0.3 is 10.1 Å². The average Bonchev–Trinajstić information content (AvgIpc) is 2.86. The molecular formula is C15H19N3O4S2. The second-order valence-corrected chi connectivity index (χ2v) is 7.34. The number of aryl methyl sites for hydroxylation is 2. The number of carbonyl (C=O) groups is 2. The Balaban J connectivity index is 2.33. The van der Waals surface area contributed by atoms with E-state index in [1.54, 1.807) is 18.7 Å². The summed E-state index contributed by atoms with van der Waals surface area (Å²) in [6.45, 7) is 3.70. The maximum absolute atomic E-state index is 12.6. The Bertz CT molecular complexity index is 828. The van der Waals surface area contributed by atoms with Crippen LogP contribution in [0, 0.1) is 13.8 Å². The average molecular weight is 369 g/mol. The third kappa shape index (κ3) is 3.62. The number of fused-ring (bicyclic) bond motifs is 1. The number of amides is 1. The molecule has 0 saturated heterocycles. The molecule has 1 N–H and O–H groups in total. The molecule has 0 aromatic carbocycles. The van der Waals surface area contributed by atoms with E-state index in [1.807, 2.05) is 13.2 Å². The summed E-state index contributed by atoms with van der Waals surface area (Å²) in [7, 11) is 1.26. The van der Waals surface area contributed by atoms with Crippen LogP contribution in [-0.2, 0) is 9.53 Å². The van der Waals surface area contributed by atoms with Gasteiger partial charge in [0.25, 0.3) is 11.5 Å². The standard InChI is InChI=1S/C15H19N3O4S2/c1-8-9(2)24-15-16-7-10(13(20)18(8)15)12(19)17-11(5-6-23-4)14(21)22-3/h7,11H,5-6H2,1-4H3,(H,17,19). The fraction of sp³-hybridized carbons (Fsp3) is 0.467. The Labute approximate surface area is 147 Å². The Kier molecular flexibility index (Phi) is 6.00. The van der Waals surface area contributed by atoms with Crippen LogP contribution in [0.25, 0.3) is 4.96 Å². The lowest BCUT2D eigenvalue weighted by Crippen LogP contribution is -2.43. The number of nitrogens with one attached hydrogen (secondary N) is 1. The topological polar surface area (TPSA) is 89.8 Å².